The van der Waals surface area contributed by atoms with E-state index in [0.717, 1.165) is 5.56 Å². The Kier molecular flexibility index (Phi) is 8.37. The molecule has 5 nitrogen and oxygen atoms in total. The standard InChI is InChI=1S/C24H31FN2O3/c1-18(2)16-29-17-20(28)14-27(13-19-8-4-3-5-9-19)15-21-12-24(26-30-21)22-10-6-7-11-23(22)25/h3-11,18,20-21,28H,12-17H2,1-2H3/t20-,21+/m0/s1. The zero-order valence-corrected chi connectivity index (χ0v) is 17.7. The van der Waals surface area contributed by atoms with Crippen LogP contribution in [0.25, 0.3) is 0 Å². The van der Waals surface area contributed by atoms with Crippen LogP contribution in [-0.4, -0.2) is 54.2 Å². The monoisotopic (exact) mass is 414 g/mol. The van der Waals surface area contributed by atoms with Gasteiger partial charge < -0.3 is 14.7 Å². The molecule has 162 valence electrons. The average Bonchev–Trinajstić information content (AvgIpc) is 3.17. The molecule has 1 heterocycles. The molecular weight excluding hydrogens is 383 g/mol. The number of halogens is 1. The summed E-state index contributed by atoms with van der Waals surface area (Å²) in [6.45, 7) is 6.81. The number of oxime groups is 1. The van der Waals surface area contributed by atoms with E-state index in [1.807, 2.05) is 18.2 Å². The number of ether oxygens (including phenoxy) is 1. The number of hydrogen-bond acceptors (Lipinski definition) is 5. The van der Waals surface area contributed by atoms with Crippen molar-refractivity contribution in [1.82, 2.24) is 4.90 Å². The van der Waals surface area contributed by atoms with Crippen molar-refractivity contribution in [2.75, 3.05) is 26.3 Å². The second-order valence-electron chi connectivity index (χ2n) is 8.21. The molecule has 0 aliphatic carbocycles. The van der Waals surface area contributed by atoms with Gasteiger partial charge in [0.1, 0.15) is 11.9 Å². The Hall–Kier alpha value is -2.28. The lowest BCUT2D eigenvalue weighted by molar-refractivity contribution is -0.00734. The van der Waals surface area contributed by atoms with Crippen LogP contribution >= 0.6 is 0 Å². The molecule has 3 rings (SSSR count). The summed E-state index contributed by atoms with van der Waals surface area (Å²) in [6.07, 6.45) is -0.250. The van der Waals surface area contributed by atoms with Gasteiger partial charge in [0, 0.05) is 38.2 Å². The van der Waals surface area contributed by atoms with E-state index in [-0.39, 0.29) is 11.9 Å². The maximum atomic E-state index is 14.1. The van der Waals surface area contributed by atoms with Crippen molar-refractivity contribution in [2.45, 2.75) is 39.0 Å². The molecule has 1 aliphatic rings. The van der Waals surface area contributed by atoms with Gasteiger partial charge in [0.05, 0.1) is 18.4 Å². The van der Waals surface area contributed by atoms with Crippen molar-refractivity contribution in [2.24, 2.45) is 11.1 Å². The molecule has 0 saturated carbocycles. The van der Waals surface area contributed by atoms with E-state index >= 15 is 0 Å². The van der Waals surface area contributed by atoms with Gasteiger partial charge in [0.15, 0.2) is 0 Å². The van der Waals surface area contributed by atoms with Crippen molar-refractivity contribution in [3.63, 3.8) is 0 Å². The Morgan fingerprint density at radius 3 is 2.60 bits per heavy atom. The summed E-state index contributed by atoms with van der Waals surface area (Å²) in [5.41, 5.74) is 2.26. The normalized spacial score (nSPS) is 17.3. The predicted octanol–water partition coefficient (Wildman–Crippen LogP) is 3.85. The molecule has 30 heavy (non-hydrogen) atoms. The first-order valence-electron chi connectivity index (χ1n) is 10.5. The van der Waals surface area contributed by atoms with Crippen LogP contribution in [0.5, 0.6) is 0 Å². The summed E-state index contributed by atoms with van der Waals surface area (Å²) in [6, 6.07) is 16.7. The highest BCUT2D eigenvalue weighted by molar-refractivity contribution is 6.01. The Bertz CT molecular complexity index is 813. The van der Waals surface area contributed by atoms with Crippen molar-refractivity contribution in [3.8, 4) is 0 Å². The van der Waals surface area contributed by atoms with Gasteiger partial charge in [-0.05, 0) is 17.5 Å². The number of rotatable bonds is 11. The fraction of sp³-hybridized carbons (Fsp3) is 0.458. The highest BCUT2D eigenvalue weighted by atomic mass is 19.1. The third kappa shape index (κ3) is 6.90. The van der Waals surface area contributed by atoms with Crippen LogP contribution in [-0.2, 0) is 16.1 Å². The first-order valence-corrected chi connectivity index (χ1v) is 10.5. The van der Waals surface area contributed by atoms with Crippen LogP contribution in [0.15, 0.2) is 59.8 Å². The zero-order chi connectivity index (χ0) is 21.3. The molecule has 0 aromatic heterocycles. The maximum absolute atomic E-state index is 14.1. The molecule has 0 radical (unpaired) electrons. The molecule has 2 aromatic carbocycles. The fourth-order valence-corrected chi connectivity index (χ4v) is 3.50. The number of nitrogens with zero attached hydrogens (tertiary/aromatic N) is 2. The fourth-order valence-electron chi connectivity index (χ4n) is 3.50. The number of benzene rings is 2. The predicted molar refractivity (Wildman–Crippen MR) is 116 cm³/mol. The number of hydrogen-bond donors (Lipinski definition) is 1. The Morgan fingerprint density at radius 1 is 1.13 bits per heavy atom. The van der Waals surface area contributed by atoms with Gasteiger partial charge in [-0.1, -0.05) is 67.5 Å². The Labute approximate surface area is 178 Å². The second kappa shape index (κ2) is 11.2. The number of aliphatic hydroxyl groups excluding tert-OH is 1. The highest BCUT2D eigenvalue weighted by Gasteiger charge is 2.27. The van der Waals surface area contributed by atoms with Crippen LogP contribution in [0.2, 0.25) is 0 Å². The molecule has 0 saturated heterocycles. The van der Waals surface area contributed by atoms with E-state index in [4.69, 9.17) is 9.57 Å². The minimum absolute atomic E-state index is 0.188. The Balaban J connectivity index is 1.59. The van der Waals surface area contributed by atoms with Crippen LogP contribution in [0, 0.1) is 11.7 Å². The highest BCUT2D eigenvalue weighted by Crippen LogP contribution is 2.20. The summed E-state index contributed by atoms with van der Waals surface area (Å²) in [5, 5.41) is 14.6. The molecule has 0 fully saturated rings. The molecule has 2 atom stereocenters. The molecular formula is C24H31FN2O3. The van der Waals surface area contributed by atoms with Crippen LogP contribution < -0.4 is 0 Å². The summed E-state index contributed by atoms with van der Waals surface area (Å²) in [5.74, 6) is 0.137. The van der Waals surface area contributed by atoms with Gasteiger partial charge in [-0.25, -0.2) is 4.39 Å². The zero-order valence-electron chi connectivity index (χ0n) is 17.7. The van der Waals surface area contributed by atoms with Crippen molar-refractivity contribution in [1.29, 1.82) is 0 Å². The molecule has 6 heteroatoms. The minimum atomic E-state index is -0.596. The first-order chi connectivity index (χ1) is 14.5. The molecule has 0 unspecified atom stereocenters. The van der Waals surface area contributed by atoms with Crippen LogP contribution in [0.4, 0.5) is 4.39 Å². The summed E-state index contributed by atoms with van der Waals surface area (Å²) < 4.78 is 19.7. The molecule has 2 aromatic rings. The SMILES string of the molecule is CC(C)COC[C@@H](O)CN(Cc1ccccc1)C[C@H]1CC(c2ccccc2F)=NO1. The summed E-state index contributed by atoms with van der Waals surface area (Å²) >= 11 is 0. The van der Waals surface area contributed by atoms with Gasteiger partial charge >= 0.3 is 0 Å². The smallest absolute Gasteiger partial charge is 0.145 e. The second-order valence-corrected chi connectivity index (χ2v) is 8.21. The third-order valence-electron chi connectivity index (χ3n) is 4.86. The lowest BCUT2D eigenvalue weighted by Crippen LogP contribution is -2.39. The quantitative estimate of drug-likeness (QED) is 0.607. The molecule has 0 bridgehead atoms. The summed E-state index contributed by atoms with van der Waals surface area (Å²) in [7, 11) is 0. The van der Waals surface area contributed by atoms with Crippen molar-refractivity contribution < 1.29 is 19.1 Å². The minimum Gasteiger partial charge on any atom is -0.390 e. The van der Waals surface area contributed by atoms with Gasteiger partial charge in [-0.3, -0.25) is 4.90 Å². The number of aliphatic hydroxyl groups is 1. The lowest BCUT2D eigenvalue weighted by atomic mass is 10.0. The van der Waals surface area contributed by atoms with Gasteiger partial charge in [-0.2, -0.15) is 0 Å². The molecule has 1 N–H and O–H groups in total. The Morgan fingerprint density at radius 2 is 1.87 bits per heavy atom. The van der Waals surface area contributed by atoms with E-state index in [9.17, 15) is 9.50 Å². The maximum Gasteiger partial charge on any atom is 0.145 e. The molecule has 1 aliphatic heterocycles. The van der Waals surface area contributed by atoms with Gasteiger partial charge in [0.2, 0.25) is 0 Å². The van der Waals surface area contributed by atoms with E-state index in [2.05, 4.69) is 36.0 Å². The van der Waals surface area contributed by atoms with Crippen LogP contribution in [0.3, 0.4) is 0 Å². The van der Waals surface area contributed by atoms with E-state index < -0.39 is 6.10 Å². The van der Waals surface area contributed by atoms with Crippen molar-refractivity contribution >= 4 is 5.71 Å². The first kappa shape index (κ1) is 22.4. The topological polar surface area (TPSA) is 54.3 Å². The molecule has 0 amide bonds. The lowest BCUT2D eigenvalue weighted by Gasteiger charge is -2.27. The summed E-state index contributed by atoms with van der Waals surface area (Å²) in [4.78, 5) is 7.75. The molecule has 0 spiro atoms. The van der Waals surface area contributed by atoms with Gasteiger partial charge in [0.25, 0.3) is 0 Å². The largest absolute Gasteiger partial charge is 0.390 e. The van der Waals surface area contributed by atoms with Crippen molar-refractivity contribution in [3.05, 3.63) is 71.5 Å². The third-order valence-corrected chi connectivity index (χ3v) is 4.86. The van der Waals surface area contributed by atoms with Crippen LogP contribution in [0.1, 0.15) is 31.4 Å². The van der Waals surface area contributed by atoms with E-state index in [1.54, 1.807) is 18.2 Å². The van der Waals surface area contributed by atoms with E-state index in [0.29, 0.717) is 56.5 Å². The van der Waals surface area contributed by atoms with E-state index in [1.165, 1.54) is 6.07 Å². The average molecular weight is 415 g/mol. The van der Waals surface area contributed by atoms with Gasteiger partial charge in [-0.15, -0.1) is 0 Å².